The summed E-state index contributed by atoms with van der Waals surface area (Å²) >= 11 is 2.79. The fraction of sp³-hybridized carbons (Fsp3) is 0.444. The summed E-state index contributed by atoms with van der Waals surface area (Å²) in [5.41, 5.74) is -1.85. The maximum atomic E-state index is 12.6. The number of nitrogens with zero attached hydrogens (tertiary/aromatic N) is 1. The first-order valence-electron chi connectivity index (χ1n) is 4.55. The van der Waals surface area contributed by atoms with Crippen LogP contribution in [0.4, 0.5) is 26.3 Å². The lowest BCUT2D eigenvalue weighted by atomic mass is 10.2. The van der Waals surface area contributed by atoms with Gasteiger partial charge in [-0.3, -0.25) is 0 Å². The number of pyridine rings is 1. The van der Waals surface area contributed by atoms with Gasteiger partial charge in [0.15, 0.2) is 17.2 Å². The number of methoxy groups -OCH3 is 1. The van der Waals surface area contributed by atoms with Gasteiger partial charge in [0, 0.05) is 5.33 Å². The van der Waals surface area contributed by atoms with Gasteiger partial charge in [0.25, 0.3) is 0 Å². The first kappa shape index (κ1) is 15.9. The molecule has 0 amide bonds. The molecule has 0 aliphatic heterocycles. The minimum atomic E-state index is -5.04. The average molecular weight is 354 g/mol. The lowest BCUT2D eigenvalue weighted by Gasteiger charge is -2.17. The summed E-state index contributed by atoms with van der Waals surface area (Å²) in [5.74, 6) is -1.67. The van der Waals surface area contributed by atoms with Gasteiger partial charge in [0.2, 0.25) is 0 Å². The van der Waals surface area contributed by atoms with Crippen LogP contribution in [0.1, 0.15) is 11.3 Å². The molecule has 1 aromatic heterocycles. The van der Waals surface area contributed by atoms with E-state index in [0.29, 0.717) is 6.20 Å². The molecule has 0 radical (unpaired) electrons. The molecule has 1 heterocycles. The molecule has 0 N–H and O–H groups in total. The number of hydrogen-bond acceptors (Lipinski definition) is 3. The maximum Gasteiger partial charge on any atom is 0.573 e. The molecule has 0 saturated carbocycles. The van der Waals surface area contributed by atoms with Crippen molar-refractivity contribution in [1.82, 2.24) is 4.98 Å². The Labute approximate surface area is 111 Å². The van der Waals surface area contributed by atoms with Gasteiger partial charge in [0.1, 0.15) is 0 Å². The summed E-state index contributed by atoms with van der Waals surface area (Å²) in [6, 6.07) is 0. The van der Waals surface area contributed by atoms with Gasteiger partial charge in [0.05, 0.1) is 18.9 Å². The molecule has 0 aliphatic rings. The van der Waals surface area contributed by atoms with Crippen molar-refractivity contribution in [2.24, 2.45) is 0 Å². The molecule has 108 valence electrons. The minimum Gasteiger partial charge on any atom is -0.494 e. The van der Waals surface area contributed by atoms with Gasteiger partial charge in [-0.1, -0.05) is 15.9 Å². The van der Waals surface area contributed by atoms with E-state index in [1.807, 2.05) is 0 Å². The second-order valence-electron chi connectivity index (χ2n) is 3.16. The Morgan fingerprint density at radius 1 is 1.21 bits per heavy atom. The van der Waals surface area contributed by atoms with Crippen molar-refractivity contribution >= 4 is 15.9 Å². The predicted molar refractivity (Wildman–Crippen MR) is 55.1 cm³/mol. The molecule has 1 aromatic rings. The molecule has 0 unspecified atom stereocenters. The van der Waals surface area contributed by atoms with Crippen LogP contribution < -0.4 is 9.47 Å². The number of rotatable bonds is 3. The second-order valence-corrected chi connectivity index (χ2v) is 3.72. The molecule has 0 saturated heterocycles. The third-order valence-corrected chi connectivity index (χ3v) is 2.49. The number of hydrogen-bond donors (Lipinski definition) is 0. The van der Waals surface area contributed by atoms with Crippen LogP contribution in [0.15, 0.2) is 6.20 Å². The van der Waals surface area contributed by atoms with Gasteiger partial charge < -0.3 is 9.47 Å². The van der Waals surface area contributed by atoms with Crippen LogP contribution in [-0.2, 0) is 11.5 Å². The van der Waals surface area contributed by atoms with E-state index in [0.717, 1.165) is 7.11 Å². The monoisotopic (exact) mass is 353 g/mol. The van der Waals surface area contributed by atoms with Crippen LogP contribution >= 0.6 is 15.9 Å². The molecule has 3 nitrogen and oxygen atoms in total. The Morgan fingerprint density at radius 3 is 2.16 bits per heavy atom. The Bertz CT molecular complexity index is 459. The van der Waals surface area contributed by atoms with Gasteiger partial charge in [-0.25, -0.2) is 4.98 Å². The zero-order chi connectivity index (χ0) is 14.8. The van der Waals surface area contributed by atoms with Crippen LogP contribution in [0.3, 0.4) is 0 Å². The number of alkyl halides is 7. The van der Waals surface area contributed by atoms with Crippen LogP contribution in [-0.4, -0.2) is 18.5 Å². The lowest BCUT2D eigenvalue weighted by molar-refractivity contribution is -0.275. The molecule has 1 rings (SSSR count). The number of halogens is 7. The van der Waals surface area contributed by atoms with Gasteiger partial charge in [-0.2, -0.15) is 13.2 Å². The first-order valence-corrected chi connectivity index (χ1v) is 5.67. The van der Waals surface area contributed by atoms with E-state index in [9.17, 15) is 26.3 Å². The molecule has 0 aromatic carbocycles. The van der Waals surface area contributed by atoms with Crippen molar-refractivity contribution < 1.29 is 35.8 Å². The fourth-order valence-electron chi connectivity index (χ4n) is 1.28. The van der Waals surface area contributed by atoms with Crippen molar-refractivity contribution in [1.29, 1.82) is 0 Å². The first-order chi connectivity index (χ1) is 8.60. The Morgan fingerprint density at radius 2 is 1.79 bits per heavy atom. The van der Waals surface area contributed by atoms with Crippen molar-refractivity contribution in [3.63, 3.8) is 0 Å². The zero-order valence-electron chi connectivity index (χ0n) is 9.19. The van der Waals surface area contributed by atoms with E-state index >= 15 is 0 Å². The quantitative estimate of drug-likeness (QED) is 0.610. The molecular formula is C9H6BrF6NO2. The van der Waals surface area contributed by atoms with E-state index in [1.165, 1.54) is 0 Å². The number of aromatic nitrogens is 1. The highest BCUT2D eigenvalue weighted by Crippen LogP contribution is 2.41. The lowest BCUT2D eigenvalue weighted by Crippen LogP contribution is -2.19. The van der Waals surface area contributed by atoms with Crippen LogP contribution in [0.5, 0.6) is 11.5 Å². The van der Waals surface area contributed by atoms with Crippen molar-refractivity contribution in [3.8, 4) is 11.5 Å². The van der Waals surface area contributed by atoms with E-state index in [4.69, 9.17) is 0 Å². The van der Waals surface area contributed by atoms with E-state index in [1.54, 1.807) is 0 Å². The second kappa shape index (κ2) is 5.43. The Balaban J connectivity index is 3.39. The highest BCUT2D eigenvalue weighted by atomic mass is 79.9. The summed E-state index contributed by atoms with van der Waals surface area (Å²) in [5, 5.41) is -0.326. The molecular weight excluding hydrogens is 348 g/mol. The molecule has 0 spiro atoms. The minimum absolute atomic E-state index is 0.326. The van der Waals surface area contributed by atoms with E-state index < -0.39 is 35.3 Å². The smallest absolute Gasteiger partial charge is 0.494 e. The van der Waals surface area contributed by atoms with E-state index in [2.05, 4.69) is 30.4 Å². The van der Waals surface area contributed by atoms with Crippen molar-refractivity contribution in [2.75, 3.05) is 7.11 Å². The molecule has 0 bridgehead atoms. The summed E-state index contributed by atoms with van der Waals surface area (Å²) < 4.78 is 82.2. The fourth-order valence-corrected chi connectivity index (χ4v) is 1.81. The SMILES string of the molecule is COc1c(C(F)(F)F)ncc(OC(F)(F)F)c1CBr. The van der Waals surface area contributed by atoms with Gasteiger partial charge in [-0.05, 0) is 0 Å². The number of ether oxygens (including phenoxy) is 2. The standard InChI is InChI=1S/C9H6BrF6NO2/c1-18-6-4(2-10)5(19-9(14,15)16)3-17-7(6)8(11,12)13/h3H,2H2,1H3. The summed E-state index contributed by atoms with van der Waals surface area (Å²) in [7, 11) is 0.899. The molecule has 0 fully saturated rings. The Hall–Kier alpha value is -1.19. The van der Waals surface area contributed by atoms with Crippen LogP contribution in [0, 0.1) is 0 Å². The van der Waals surface area contributed by atoms with Crippen LogP contribution in [0.2, 0.25) is 0 Å². The summed E-state index contributed by atoms with van der Waals surface area (Å²) in [6.07, 6.45) is -9.53. The van der Waals surface area contributed by atoms with Gasteiger partial charge in [-0.15, -0.1) is 13.2 Å². The topological polar surface area (TPSA) is 31.4 Å². The third kappa shape index (κ3) is 3.88. The molecule has 19 heavy (non-hydrogen) atoms. The van der Waals surface area contributed by atoms with Gasteiger partial charge >= 0.3 is 12.5 Å². The maximum absolute atomic E-state index is 12.6. The zero-order valence-corrected chi connectivity index (χ0v) is 10.8. The largest absolute Gasteiger partial charge is 0.573 e. The Kier molecular flexibility index (Phi) is 4.54. The predicted octanol–water partition coefficient (Wildman–Crippen LogP) is 3.90. The highest BCUT2D eigenvalue weighted by molar-refractivity contribution is 9.08. The van der Waals surface area contributed by atoms with E-state index in [-0.39, 0.29) is 5.33 Å². The molecule has 0 aliphatic carbocycles. The average Bonchev–Trinajstić information content (AvgIpc) is 2.24. The summed E-state index contributed by atoms with van der Waals surface area (Å²) in [6.45, 7) is 0. The van der Waals surface area contributed by atoms with Crippen molar-refractivity contribution in [3.05, 3.63) is 17.5 Å². The summed E-state index contributed by atoms with van der Waals surface area (Å²) in [4.78, 5) is 2.92. The molecule has 0 atom stereocenters. The third-order valence-electron chi connectivity index (χ3n) is 1.93. The van der Waals surface area contributed by atoms with Crippen molar-refractivity contribution in [2.45, 2.75) is 17.9 Å². The normalized spacial score (nSPS) is 12.4. The van der Waals surface area contributed by atoms with Crippen LogP contribution in [0.25, 0.3) is 0 Å². The molecule has 10 heteroatoms. The highest BCUT2D eigenvalue weighted by Gasteiger charge is 2.40.